The highest BCUT2D eigenvalue weighted by Crippen LogP contribution is 2.31. The van der Waals surface area contributed by atoms with Crippen molar-refractivity contribution in [2.45, 2.75) is 39.5 Å². The van der Waals surface area contributed by atoms with Crippen LogP contribution in [0.5, 0.6) is 0 Å². The van der Waals surface area contributed by atoms with Gasteiger partial charge in [-0.1, -0.05) is 27.7 Å². The number of hydrogen-bond donors (Lipinski definition) is 1. The maximum absolute atomic E-state index is 4.78. The molecule has 2 rings (SSSR count). The fourth-order valence-electron chi connectivity index (χ4n) is 1.97. The molecule has 0 fully saturated rings. The highest BCUT2D eigenvalue weighted by molar-refractivity contribution is 14.1. The van der Waals surface area contributed by atoms with Crippen molar-refractivity contribution >= 4 is 28.4 Å². The van der Waals surface area contributed by atoms with Crippen LogP contribution in [-0.4, -0.2) is 26.3 Å². The van der Waals surface area contributed by atoms with Gasteiger partial charge in [0.05, 0.1) is 21.0 Å². The van der Waals surface area contributed by atoms with Crippen LogP contribution in [0.4, 0.5) is 5.82 Å². The second-order valence-electron chi connectivity index (χ2n) is 6.14. The molecule has 5 nitrogen and oxygen atoms in total. The lowest BCUT2D eigenvalue weighted by Gasteiger charge is -2.22. The zero-order valence-electron chi connectivity index (χ0n) is 13.2. The average molecular weight is 399 g/mol. The number of aryl methyl sites for hydroxylation is 1. The van der Waals surface area contributed by atoms with E-state index >= 15 is 0 Å². The summed E-state index contributed by atoms with van der Waals surface area (Å²) in [6, 6.07) is 0. The predicted octanol–water partition coefficient (Wildman–Crippen LogP) is 3.60. The summed E-state index contributed by atoms with van der Waals surface area (Å²) in [7, 11) is 1.90. The quantitative estimate of drug-likeness (QED) is 0.799. The summed E-state index contributed by atoms with van der Waals surface area (Å²) >= 11 is 2.34. The normalized spacial score (nSPS) is 11.7. The van der Waals surface area contributed by atoms with E-state index in [1.807, 2.05) is 13.2 Å². The Hall–Kier alpha value is -1.18. The van der Waals surface area contributed by atoms with Gasteiger partial charge in [0.2, 0.25) is 0 Å². The molecular formula is C15H22IN5. The van der Waals surface area contributed by atoms with Crippen molar-refractivity contribution in [1.82, 2.24) is 19.7 Å². The molecule has 0 aromatic carbocycles. The highest BCUT2D eigenvalue weighted by atomic mass is 127. The molecule has 0 saturated heterocycles. The van der Waals surface area contributed by atoms with Gasteiger partial charge >= 0.3 is 0 Å². The van der Waals surface area contributed by atoms with Gasteiger partial charge in [0.1, 0.15) is 5.82 Å². The van der Waals surface area contributed by atoms with Crippen molar-refractivity contribution in [2.24, 2.45) is 7.05 Å². The van der Waals surface area contributed by atoms with Crippen molar-refractivity contribution in [3.63, 3.8) is 0 Å². The highest BCUT2D eigenvalue weighted by Gasteiger charge is 2.23. The molecule has 0 spiro atoms. The average Bonchev–Trinajstić information content (AvgIpc) is 2.83. The molecule has 2 aromatic heterocycles. The van der Waals surface area contributed by atoms with Crippen LogP contribution in [0.15, 0.2) is 12.4 Å². The number of rotatable bonds is 4. The summed E-state index contributed by atoms with van der Waals surface area (Å²) in [5.74, 6) is 1.64. The van der Waals surface area contributed by atoms with Crippen LogP contribution in [0.3, 0.4) is 0 Å². The minimum absolute atomic E-state index is 0.0287. The Morgan fingerprint density at radius 2 is 2.00 bits per heavy atom. The third-order valence-electron chi connectivity index (χ3n) is 3.07. The standard InChI is InChI=1S/C15H22IN5/c1-6-7-17-14-11(16)12(15(2,3)4)19-13(20-14)10-8-18-21(5)9-10/h8-9H,6-7H2,1-5H3,(H,17,19,20). The van der Waals surface area contributed by atoms with Gasteiger partial charge in [0.25, 0.3) is 0 Å². The Balaban J connectivity index is 2.55. The number of halogens is 1. The topological polar surface area (TPSA) is 55.6 Å². The number of anilines is 1. The molecule has 114 valence electrons. The summed E-state index contributed by atoms with van der Waals surface area (Å²) in [5.41, 5.74) is 1.98. The van der Waals surface area contributed by atoms with E-state index in [1.165, 1.54) is 0 Å². The van der Waals surface area contributed by atoms with Crippen LogP contribution < -0.4 is 5.32 Å². The first kappa shape index (κ1) is 16.2. The van der Waals surface area contributed by atoms with Crippen molar-refractivity contribution in [3.05, 3.63) is 21.7 Å². The first-order valence-electron chi connectivity index (χ1n) is 7.14. The first-order valence-corrected chi connectivity index (χ1v) is 8.21. The number of hydrogen-bond acceptors (Lipinski definition) is 4. The largest absolute Gasteiger partial charge is 0.369 e. The molecule has 0 unspecified atom stereocenters. The van der Waals surface area contributed by atoms with Crippen molar-refractivity contribution < 1.29 is 0 Å². The molecule has 0 aliphatic rings. The molecule has 0 bridgehead atoms. The molecule has 0 saturated carbocycles. The van der Waals surface area contributed by atoms with E-state index in [0.717, 1.165) is 39.4 Å². The monoisotopic (exact) mass is 399 g/mol. The van der Waals surface area contributed by atoms with Crippen molar-refractivity contribution in [2.75, 3.05) is 11.9 Å². The lowest BCUT2D eigenvalue weighted by Crippen LogP contribution is -2.19. The van der Waals surface area contributed by atoms with E-state index in [0.29, 0.717) is 0 Å². The van der Waals surface area contributed by atoms with Crippen LogP contribution in [0, 0.1) is 3.57 Å². The van der Waals surface area contributed by atoms with E-state index in [2.05, 4.69) is 65.7 Å². The fourth-order valence-corrected chi connectivity index (χ4v) is 3.21. The molecule has 2 aromatic rings. The summed E-state index contributed by atoms with van der Waals surface area (Å²) in [5, 5.41) is 7.62. The Kier molecular flexibility index (Phi) is 4.85. The van der Waals surface area contributed by atoms with E-state index in [4.69, 9.17) is 4.98 Å². The smallest absolute Gasteiger partial charge is 0.165 e. The number of aromatic nitrogens is 4. The van der Waals surface area contributed by atoms with E-state index < -0.39 is 0 Å². The van der Waals surface area contributed by atoms with Crippen LogP contribution in [0.2, 0.25) is 0 Å². The number of nitrogens with zero attached hydrogens (tertiary/aromatic N) is 4. The van der Waals surface area contributed by atoms with Gasteiger partial charge in [-0.25, -0.2) is 9.97 Å². The Labute approximate surface area is 139 Å². The predicted molar refractivity (Wildman–Crippen MR) is 94.4 cm³/mol. The minimum Gasteiger partial charge on any atom is -0.369 e. The van der Waals surface area contributed by atoms with Gasteiger partial charge in [-0.05, 0) is 29.0 Å². The van der Waals surface area contributed by atoms with Crippen LogP contribution in [0.25, 0.3) is 11.4 Å². The van der Waals surface area contributed by atoms with Gasteiger partial charge in [0.15, 0.2) is 5.82 Å². The second kappa shape index (κ2) is 6.29. The molecule has 0 aliphatic heterocycles. The SMILES string of the molecule is CCCNc1nc(-c2cnn(C)c2)nc(C(C)(C)C)c1I. The Bertz CT molecular complexity index is 627. The first-order chi connectivity index (χ1) is 9.82. The summed E-state index contributed by atoms with van der Waals surface area (Å²) in [6.45, 7) is 9.58. The van der Waals surface area contributed by atoms with Gasteiger partial charge in [-0.2, -0.15) is 5.10 Å². The molecule has 0 radical (unpaired) electrons. The molecule has 1 N–H and O–H groups in total. The van der Waals surface area contributed by atoms with Crippen LogP contribution >= 0.6 is 22.6 Å². The van der Waals surface area contributed by atoms with E-state index in [-0.39, 0.29) is 5.41 Å². The zero-order chi connectivity index (χ0) is 15.6. The lowest BCUT2D eigenvalue weighted by molar-refractivity contribution is 0.564. The summed E-state index contributed by atoms with van der Waals surface area (Å²) in [6.07, 6.45) is 4.81. The molecule has 2 heterocycles. The van der Waals surface area contributed by atoms with Crippen LogP contribution in [-0.2, 0) is 12.5 Å². The fraction of sp³-hybridized carbons (Fsp3) is 0.533. The Morgan fingerprint density at radius 3 is 2.52 bits per heavy atom. The van der Waals surface area contributed by atoms with Crippen LogP contribution in [0.1, 0.15) is 39.8 Å². The van der Waals surface area contributed by atoms with Gasteiger partial charge in [-0.15, -0.1) is 0 Å². The molecule has 0 atom stereocenters. The van der Waals surface area contributed by atoms with E-state index in [9.17, 15) is 0 Å². The zero-order valence-corrected chi connectivity index (χ0v) is 15.4. The Morgan fingerprint density at radius 1 is 1.29 bits per heavy atom. The van der Waals surface area contributed by atoms with Gasteiger partial charge in [-0.3, -0.25) is 4.68 Å². The van der Waals surface area contributed by atoms with E-state index in [1.54, 1.807) is 10.9 Å². The van der Waals surface area contributed by atoms with Gasteiger partial charge < -0.3 is 5.32 Å². The molecule has 0 aliphatic carbocycles. The summed E-state index contributed by atoms with van der Waals surface area (Å²) in [4.78, 5) is 9.47. The summed E-state index contributed by atoms with van der Waals surface area (Å²) < 4.78 is 2.87. The maximum atomic E-state index is 4.78. The van der Waals surface area contributed by atoms with Gasteiger partial charge in [0, 0.05) is 25.2 Å². The molecule has 6 heteroatoms. The second-order valence-corrected chi connectivity index (χ2v) is 7.22. The van der Waals surface area contributed by atoms with Crippen molar-refractivity contribution in [3.8, 4) is 11.4 Å². The number of nitrogens with one attached hydrogen (secondary N) is 1. The molecule has 0 amide bonds. The molecule has 21 heavy (non-hydrogen) atoms. The van der Waals surface area contributed by atoms with Crippen molar-refractivity contribution in [1.29, 1.82) is 0 Å². The third-order valence-corrected chi connectivity index (χ3v) is 4.09. The molecular weight excluding hydrogens is 377 g/mol. The lowest BCUT2D eigenvalue weighted by atomic mass is 9.92. The third kappa shape index (κ3) is 3.72. The maximum Gasteiger partial charge on any atom is 0.165 e. The minimum atomic E-state index is -0.0287.